The van der Waals surface area contributed by atoms with E-state index in [0.29, 0.717) is 33.9 Å². The summed E-state index contributed by atoms with van der Waals surface area (Å²) in [5, 5.41) is 2.19. The number of benzene rings is 2. The van der Waals surface area contributed by atoms with Crippen LogP contribution < -0.4 is 9.46 Å². The number of sulfonamides is 1. The van der Waals surface area contributed by atoms with Gasteiger partial charge in [-0.1, -0.05) is 12.1 Å². The van der Waals surface area contributed by atoms with E-state index in [-0.39, 0.29) is 23.2 Å². The molecule has 35 heavy (non-hydrogen) atoms. The number of ether oxygens (including phenoxy) is 1. The van der Waals surface area contributed by atoms with Gasteiger partial charge < -0.3 is 4.74 Å². The van der Waals surface area contributed by atoms with Crippen molar-refractivity contribution >= 4 is 27.2 Å². The topological polar surface area (TPSA) is 94.1 Å². The summed E-state index contributed by atoms with van der Waals surface area (Å²) in [7, 11) is -3.95. The largest absolute Gasteiger partial charge is 0.493 e. The van der Waals surface area contributed by atoms with Crippen LogP contribution in [0, 0.1) is 0 Å². The lowest BCUT2D eigenvalue weighted by molar-refractivity contribution is -0.137. The molecule has 1 atom stereocenters. The second kappa shape index (κ2) is 8.93. The van der Waals surface area contributed by atoms with Gasteiger partial charge >= 0.3 is 6.18 Å². The smallest absolute Gasteiger partial charge is 0.416 e. The summed E-state index contributed by atoms with van der Waals surface area (Å²) in [4.78, 5) is 11.8. The molecule has 3 heterocycles. The molecule has 1 aliphatic heterocycles. The molecule has 2 aromatic heterocycles. The molecule has 2 aromatic carbocycles. The summed E-state index contributed by atoms with van der Waals surface area (Å²) in [6.45, 7) is 0.277. The molecule has 0 spiro atoms. The lowest BCUT2D eigenvalue weighted by Gasteiger charge is -2.28. The third-order valence-corrected chi connectivity index (χ3v) is 7.73. The van der Waals surface area contributed by atoms with Gasteiger partial charge in [-0.15, -0.1) is 11.3 Å². The maximum atomic E-state index is 13.4. The minimum Gasteiger partial charge on any atom is -0.493 e. The van der Waals surface area contributed by atoms with Crippen molar-refractivity contribution in [2.45, 2.75) is 23.4 Å². The fraction of sp³-hybridized carbons (Fsp3) is 0.174. The molecular weight excluding hydrogens is 501 g/mol. The van der Waals surface area contributed by atoms with Gasteiger partial charge in [0.1, 0.15) is 22.9 Å². The second-order valence-electron chi connectivity index (χ2n) is 7.73. The van der Waals surface area contributed by atoms with Crippen LogP contribution in [0.15, 0.2) is 71.5 Å². The number of alkyl halides is 3. The molecule has 0 amide bonds. The molecule has 12 heteroatoms. The fourth-order valence-corrected chi connectivity index (χ4v) is 5.69. The Morgan fingerprint density at radius 2 is 1.86 bits per heavy atom. The number of anilines is 1. The SMILES string of the molecule is O=S(=O)(Nc1ccncn1)c1ccc2c(c1)OCCC2c1ccc(C(F)(F)F)cc1-c1nccs1. The Bertz CT molecular complexity index is 1460. The average molecular weight is 519 g/mol. The van der Waals surface area contributed by atoms with Crippen LogP contribution in [-0.2, 0) is 16.2 Å². The Kier molecular flexibility index (Phi) is 5.93. The number of hydrogen-bond acceptors (Lipinski definition) is 7. The van der Waals surface area contributed by atoms with E-state index in [9.17, 15) is 21.6 Å². The van der Waals surface area contributed by atoms with Crippen molar-refractivity contribution in [3.63, 3.8) is 0 Å². The van der Waals surface area contributed by atoms with Gasteiger partial charge in [0.05, 0.1) is 17.1 Å². The summed E-state index contributed by atoms with van der Waals surface area (Å²) in [5.74, 6) is 0.178. The number of fused-ring (bicyclic) bond motifs is 1. The number of nitrogens with zero attached hydrogens (tertiary/aromatic N) is 3. The highest BCUT2D eigenvalue weighted by Crippen LogP contribution is 2.44. The first-order valence-electron chi connectivity index (χ1n) is 10.4. The predicted molar refractivity (Wildman–Crippen MR) is 124 cm³/mol. The van der Waals surface area contributed by atoms with Crippen LogP contribution >= 0.6 is 11.3 Å². The Hall–Kier alpha value is -3.51. The summed E-state index contributed by atoms with van der Waals surface area (Å²) in [6.07, 6.45) is 0.210. The van der Waals surface area contributed by atoms with Gasteiger partial charge in [-0.3, -0.25) is 4.72 Å². The molecule has 0 radical (unpaired) electrons. The number of rotatable bonds is 5. The molecule has 5 rings (SSSR count). The summed E-state index contributed by atoms with van der Waals surface area (Å²) >= 11 is 1.25. The molecule has 0 aliphatic carbocycles. The number of hydrogen-bond donors (Lipinski definition) is 1. The van der Waals surface area contributed by atoms with Crippen molar-refractivity contribution < 1.29 is 26.3 Å². The Balaban J connectivity index is 1.54. The van der Waals surface area contributed by atoms with Crippen molar-refractivity contribution in [3.05, 3.63) is 83.3 Å². The average Bonchev–Trinajstić information content (AvgIpc) is 3.38. The molecule has 0 bridgehead atoms. The maximum absolute atomic E-state index is 13.4. The van der Waals surface area contributed by atoms with E-state index in [2.05, 4.69) is 19.7 Å². The Morgan fingerprint density at radius 3 is 2.57 bits per heavy atom. The molecule has 1 unspecified atom stereocenters. The maximum Gasteiger partial charge on any atom is 0.416 e. The second-order valence-corrected chi connectivity index (χ2v) is 10.3. The van der Waals surface area contributed by atoms with Gasteiger partial charge in [-0.25, -0.2) is 23.4 Å². The van der Waals surface area contributed by atoms with Crippen molar-refractivity contribution in [2.24, 2.45) is 0 Å². The van der Waals surface area contributed by atoms with Crippen LogP contribution in [0.2, 0.25) is 0 Å². The van der Waals surface area contributed by atoms with Crippen LogP contribution in [0.4, 0.5) is 19.0 Å². The highest BCUT2D eigenvalue weighted by molar-refractivity contribution is 7.92. The van der Waals surface area contributed by atoms with E-state index >= 15 is 0 Å². The molecule has 1 N–H and O–H groups in total. The zero-order valence-electron chi connectivity index (χ0n) is 17.9. The molecular formula is C23H17F3N4O3S2. The van der Waals surface area contributed by atoms with Crippen molar-refractivity contribution in [3.8, 4) is 16.3 Å². The molecule has 0 saturated carbocycles. The lowest BCUT2D eigenvalue weighted by atomic mass is 9.83. The number of thiazole rings is 1. The Morgan fingerprint density at radius 1 is 1.03 bits per heavy atom. The van der Waals surface area contributed by atoms with Gasteiger partial charge in [0.25, 0.3) is 10.0 Å². The molecule has 180 valence electrons. The van der Waals surface area contributed by atoms with Crippen molar-refractivity contribution in [2.75, 3.05) is 11.3 Å². The van der Waals surface area contributed by atoms with E-state index < -0.39 is 21.8 Å². The van der Waals surface area contributed by atoms with Gasteiger partial charge in [-0.2, -0.15) is 13.2 Å². The summed E-state index contributed by atoms with van der Waals surface area (Å²) < 4.78 is 74.1. The number of halogens is 3. The van der Waals surface area contributed by atoms with E-state index in [1.807, 2.05) is 0 Å². The minimum absolute atomic E-state index is 0.0249. The van der Waals surface area contributed by atoms with E-state index in [4.69, 9.17) is 4.74 Å². The summed E-state index contributed by atoms with van der Waals surface area (Å²) in [6, 6.07) is 9.57. The van der Waals surface area contributed by atoms with Gasteiger partial charge in [-0.05, 0) is 36.2 Å². The van der Waals surface area contributed by atoms with Gasteiger partial charge in [0.2, 0.25) is 0 Å². The highest BCUT2D eigenvalue weighted by Gasteiger charge is 2.33. The fourth-order valence-electron chi connectivity index (χ4n) is 3.99. The molecule has 7 nitrogen and oxygen atoms in total. The van der Waals surface area contributed by atoms with E-state index in [0.717, 1.165) is 12.1 Å². The van der Waals surface area contributed by atoms with Crippen LogP contribution in [0.1, 0.15) is 29.0 Å². The zero-order valence-corrected chi connectivity index (χ0v) is 19.5. The Labute approximate surface area is 202 Å². The number of aromatic nitrogens is 3. The normalized spacial score (nSPS) is 15.8. The van der Waals surface area contributed by atoms with Crippen molar-refractivity contribution in [1.29, 1.82) is 0 Å². The van der Waals surface area contributed by atoms with E-state index in [1.165, 1.54) is 48.1 Å². The quantitative estimate of drug-likeness (QED) is 0.384. The first-order chi connectivity index (χ1) is 16.7. The lowest BCUT2D eigenvalue weighted by Crippen LogP contribution is -2.18. The van der Waals surface area contributed by atoms with Crippen molar-refractivity contribution in [1.82, 2.24) is 15.0 Å². The van der Waals surface area contributed by atoms with E-state index in [1.54, 1.807) is 17.6 Å². The molecule has 0 saturated heterocycles. The van der Waals surface area contributed by atoms with Gasteiger partial charge in [0, 0.05) is 40.9 Å². The monoisotopic (exact) mass is 518 g/mol. The highest BCUT2D eigenvalue weighted by atomic mass is 32.2. The van der Waals surface area contributed by atoms with Gasteiger partial charge in [0.15, 0.2) is 0 Å². The van der Waals surface area contributed by atoms with Crippen LogP contribution in [0.3, 0.4) is 0 Å². The predicted octanol–water partition coefficient (Wildman–Crippen LogP) is 5.33. The van der Waals surface area contributed by atoms with Crippen LogP contribution in [0.5, 0.6) is 5.75 Å². The number of nitrogens with one attached hydrogen (secondary N) is 1. The molecule has 4 aromatic rings. The third-order valence-electron chi connectivity index (χ3n) is 5.57. The molecule has 0 fully saturated rings. The van der Waals surface area contributed by atoms with Crippen LogP contribution in [0.25, 0.3) is 10.6 Å². The standard InChI is InChI=1S/C23H17F3N4O3S2/c24-23(25,26)14-1-3-16(19(11-14)22-28-8-10-34-22)17-6-9-33-20-12-15(2-4-18(17)20)35(31,32)30-21-5-7-27-13-29-21/h1-5,7-8,10-13,17H,6,9H2,(H,27,29,30). The molecule has 1 aliphatic rings. The first kappa shape index (κ1) is 23.2. The minimum atomic E-state index is -4.49. The van der Waals surface area contributed by atoms with Crippen LogP contribution in [-0.4, -0.2) is 30.0 Å². The zero-order chi connectivity index (χ0) is 24.6. The third kappa shape index (κ3) is 4.71. The first-order valence-corrected chi connectivity index (χ1v) is 12.8. The summed E-state index contributed by atoms with van der Waals surface area (Å²) in [5.41, 5.74) is 1.01.